The standard InChI is InChI=1S/C16H25NO2S/c1-4-14(17-10-16(18)7-8-20-11-16)13-9-12(2)5-6-15(13)19-3/h5-6,9,14,17-18H,4,7-8,10-11H2,1-3H3/t14-,16+/m1/s1. The number of thioether (sulfide) groups is 1. The van der Waals surface area contributed by atoms with Gasteiger partial charge in [0.15, 0.2) is 0 Å². The van der Waals surface area contributed by atoms with Gasteiger partial charge < -0.3 is 15.2 Å². The molecule has 1 aliphatic rings. The Morgan fingerprint density at radius 3 is 2.90 bits per heavy atom. The van der Waals surface area contributed by atoms with Crippen molar-refractivity contribution >= 4 is 11.8 Å². The Hall–Kier alpha value is -0.710. The van der Waals surface area contributed by atoms with Crippen molar-refractivity contribution in [3.05, 3.63) is 29.3 Å². The number of benzene rings is 1. The zero-order valence-electron chi connectivity index (χ0n) is 12.6. The van der Waals surface area contributed by atoms with Crippen LogP contribution in [0.15, 0.2) is 18.2 Å². The van der Waals surface area contributed by atoms with Crippen LogP contribution >= 0.6 is 11.8 Å². The highest BCUT2D eigenvalue weighted by Gasteiger charge is 2.32. The van der Waals surface area contributed by atoms with Crippen LogP contribution in [0.25, 0.3) is 0 Å². The Labute approximate surface area is 126 Å². The molecule has 0 radical (unpaired) electrons. The molecule has 1 aliphatic heterocycles. The summed E-state index contributed by atoms with van der Waals surface area (Å²) in [7, 11) is 1.71. The lowest BCUT2D eigenvalue weighted by Crippen LogP contribution is -2.41. The largest absolute Gasteiger partial charge is 0.496 e. The lowest BCUT2D eigenvalue weighted by molar-refractivity contribution is 0.0642. The first-order valence-electron chi connectivity index (χ1n) is 7.26. The van der Waals surface area contributed by atoms with Crippen molar-refractivity contribution in [3.63, 3.8) is 0 Å². The Morgan fingerprint density at radius 1 is 1.50 bits per heavy atom. The van der Waals surface area contributed by atoms with Crippen molar-refractivity contribution in [2.45, 2.75) is 38.3 Å². The number of aryl methyl sites for hydroxylation is 1. The number of hydrogen-bond acceptors (Lipinski definition) is 4. The monoisotopic (exact) mass is 295 g/mol. The molecule has 1 heterocycles. The van der Waals surface area contributed by atoms with Crippen molar-refractivity contribution in [1.82, 2.24) is 5.32 Å². The SMILES string of the molecule is CC[C@@H](NC[C@@]1(O)CCSC1)c1cc(C)ccc1OC. The molecule has 3 nitrogen and oxygen atoms in total. The van der Waals surface area contributed by atoms with E-state index in [1.54, 1.807) is 7.11 Å². The Morgan fingerprint density at radius 2 is 2.30 bits per heavy atom. The minimum absolute atomic E-state index is 0.222. The quantitative estimate of drug-likeness (QED) is 0.847. The van der Waals surface area contributed by atoms with Crippen LogP contribution in [0.3, 0.4) is 0 Å². The molecule has 4 heteroatoms. The Kier molecular flexibility index (Phi) is 5.35. The lowest BCUT2D eigenvalue weighted by Gasteiger charge is -2.27. The summed E-state index contributed by atoms with van der Waals surface area (Å²) < 4.78 is 5.47. The number of aliphatic hydroxyl groups is 1. The van der Waals surface area contributed by atoms with E-state index >= 15 is 0 Å². The molecule has 0 amide bonds. The summed E-state index contributed by atoms with van der Waals surface area (Å²) in [6, 6.07) is 6.48. The van der Waals surface area contributed by atoms with Gasteiger partial charge in [-0.1, -0.05) is 24.6 Å². The van der Waals surface area contributed by atoms with Gasteiger partial charge >= 0.3 is 0 Å². The molecule has 20 heavy (non-hydrogen) atoms. The molecule has 112 valence electrons. The van der Waals surface area contributed by atoms with Crippen molar-refractivity contribution in [3.8, 4) is 5.75 Å². The van der Waals surface area contributed by atoms with E-state index < -0.39 is 5.60 Å². The molecule has 2 rings (SSSR count). The summed E-state index contributed by atoms with van der Waals surface area (Å²) >= 11 is 1.83. The molecule has 0 saturated carbocycles. The van der Waals surface area contributed by atoms with E-state index in [1.807, 2.05) is 17.8 Å². The van der Waals surface area contributed by atoms with Gasteiger partial charge in [-0.05, 0) is 31.6 Å². The van der Waals surface area contributed by atoms with Gasteiger partial charge in [-0.15, -0.1) is 0 Å². The van der Waals surface area contributed by atoms with Crippen molar-refractivity contribution in [1.29, 1.82) is 0 Å². The highest BCUT2D eigenvalue weighted by Crippen LogP contribution is 2.31. The maximum absolute atomic E-state index is 10.4. The normalized spacial score (nSPS) is 23.8. The van der Waals surface area contributed by atoms with E-state index in [9.17, 15) is 5.11 Å². The molecule has 1 fully saturated rings. The van der Waals surface area contributed by atoms with Crippen LogP contribution in [0.2, 0.25) is 0 Å². The molecule has 0 aliphatic carbocycles. The summed E-state index contributed by atoms with van der Waals surface area (Å²) in [4.78, 5) is 0. The van der Waals surface area contributed by atoms with Crippen LogP contribution < -0.4 is 10.1 Å². The fourth-order valence-corrected chi connectivity index (χ4v) is 3.94. The molecule has 0 spiro atoms. The molecule has 1 saturated heterocycles. The molecule has 0 aromatic heterocycles. The highest BCUT2D eigenvalue weighted by atomic mass is 32.2. The minimum Gasteiger partial charge on any atom is -0.496 e. The average molecular weight is 295 g/mol. The summed E-state index contributed by atoms with van der Waals surface area (Å²) in [6.45, 7) is 4.90. The fourth-order valence-electron chi connectivity index (χ4n) is 2.65. The topological polar surface area (TPSA) is 41.5 Å². The molecular weight excluding hydrogens is 270 g/mol. The zero-order chi connectivity index (χ0) is 14.6. The number of nitrogens with one attached hydrogen (secondary N) is 1. The predicted octanol–water partition coefficient (Wildman–Crippen LogP) is 2.91. The van der Waals surface area contributed by atoms with Crippen LogP contribution in [0.1, 0.15) is 36.9 Å². The van der Waals surface area contributed by atoms with Gasteiger partial charge in [-0.3, -0.25) is 0 Å². The van der Waals surface area contributed by atoms with Gasteiger partial charge in [0.05, 0.1) is 12.7 Å². The number of rotatable bonds is 6. The third-order valence-corrected chi connectivity index (χ3v) is 5.16. The second kappa shape index (κ2) is 6.83. The van der Waals surface area contributed by atoms with Gasteiger partial charge in [0.25, 0.3) is 0 Å². The van der Waals surface area contributed by atoms with Gasteiger partial charge in [0.1, 0.15) is 5.75 Å². The number of methoxy groups -OCH3 is 1. The molecule has 2 N–H and O–H groups in total. The molecule has 1 aromatic carbocycles. The van der Waals surface area contributed by atoms with Gasteiger partial charge in [0.2, 0.25) is 0 Å². The van der Waals surface area contributed by atoms with Crippen LogP contribution in [0.5, 0.6) is 5.75 Å². The molecule has 2 atom stereocenters. The van der Waals surface area contributed by atoms with E-state index in [1.165, 1.54) is 11.1 Å². The van der Waals surface area contributed by atoms with Crippen molar-refractivity contribution in [2.24, 2.45) is 0 Å². The van der Waals surface area contributed by atoms with E-state index in [0.29, 0.717) is 6.54 Å². The van der Waals surface area contributed by atoms with Gasteiger partial charge in [-0.25, -0.2) is 0 Å². The van der Waals surface area contributed by atoms with Gasteiger partial charge in [0, 0.05) is 23.9 Å². The molecular formula is C16H25NO2S. The average Bonchev–Trinajstić information content (AvgIpc) is 2.87. The van der Waals surface area contributed by atoms with E-state index in [2.05, 4.69) is 31.3 Å². The van der Waals surface area contributed by atoms with Crippen molar-refractivity contribution < 1.29 is 9.84 Å². The van der Waals surface area contributed by atoms with E-state index in [4.69, 9.17) is 4.74 Å². The minimum atomic E-state index is -0.546. The lowest BCUT2D eigenvalue weighted by atomic mass is 9.98. The van der Waals surface area contributed by atoms with Crippen LogP contribution in [-0.2, 0) is 0 Å². The molecule has 0 bridgehead atoms. The van der Waals surface area contributed by atoms with Gasteiger partial charge in [-0.2, -0.15) is 11.8 Å². The van der Waals surface area contributed by atoms with E-state index in [-0.39, 0.29) is 6.04 Å². The van der Waals surface area contributed by atoms with Crippen LogP contribution in [0.4, 0.5) is 0 Å². The number of ether oxygens (including phenoxy) is 1. The zero-order valence-corrected chi connectivity index (χ0v) is 13.4. The summed E-state index contributed by atoms with van der Waals surface area (Å²) in [5.74, 6) is 2.81. The summed E-state index contributed by atoms with van der Waals surface area (Å²) in [5.41, 5.74) is 1.87. The third kappa shape index (κ3) is 3.68. The molecule has 0 unspecified atom stereocenters. The Bertz CT molecular complexity index is 444. The first-order valence-corrected chi connectivity index (χ1v) is 8.41. The second-order valence-electron chi connectivity index (χ2n) is 5.61. The third-order valence-electron chi connectivity index (χ3n) is 3.93. The smallest absolute Gasteiger partial charge is 0.123 e. The second-order valence-corrected chi connectivity index (χ2v) is 6.72. The highest BCUT2D eigenvalue weighted by molar-refractivity contribution is 7.99. The Balaban J connectivity index is 2.09. The predicted molar refractivity (Wildman–Crippen MR) is 85.7 cm³/mol. The molecule has 1 aromatic rings. The first-order chi connectivity index (χ1) is 9.58. The fraction of sp³-hybridized carbons (Fsp3) is 0.625. The maximum Gasteiger partial charge on any atom is 0.123 e. The summed E-state index contributed by atoms with van der Waals surface area (Å²) in [5, 5.41) is 14.0. The maximum atomic E-state index is 10.4. The number of hydrogen-bond donors (Lipinski definition) is 2. The van der Waals surface area contributed by atoms with Crippen LogP contribution in [-0.4, -0.2) is 35.9 Å². The van der Waals surface area contributed by atoms with Crippen LogP contribution in [0, 0.1) is 6.92 Å². The first kappa shape index (κ1) is 15.7. The summed E-state index contributed by atoms with van der Waals surface area (Å²) in [6.07, 6.45) is 1.86. The van der Waals surface area contributed by atoms with E-state index in [0.717, 1.165) is 30.1 Å². The van der Waals surface area contributed by atoms with Crippen molar-refractivity contribution in [2.75, 3.05) is 25.2 Å².